The summed E-state index contributed by atoms with van der Waals surface area (Å²) in [5.74, 6) is 1.50. The monoisotopic (exact) mass is 402 g/mol. The molecule has 2 aromatic rings. The zero-order valence-corrected chi connectivity index (χ0v) is 17.7. The molecule has 152 valence electrons. The summed E-state index contributed by atoms with van der Waals surface area (Å²) in [5.41, 5.74) is 9.17. The van der Waals surface area contributed by atoms with Crippen molar-refractivity contribution in [3.05, 3.63) is 54.1 Å². The molecular weight excluding hydrogens is 372 g/mol. The SMILES string of the molecule is COc1ccccc1-c1ccc(C(C)N(C)C(=O)[C@@H]2CCC[C@@H]2CN)cc1.Cl. The number of hydrogen-bond donors (Lipinski definition) is 1. The Morgan fingerprint density at radius 2 is 1.86 bits per heavy atom. The highest BCUT2D eigenvalue weighted by Crippen LogP contribution is 2.35. The van der Waals surface area contributed by atoms with Gasteiger partial charge in [0.25, 0.3) is 0 Å². The Morgan fingerprint density at radius 1 is 1.18 bits per heavy atom. The third-order valence-corrected chi connectivity index (χ3v) is 6.02. The molecule has 0 heterocycles. The van der Waals surface area contributed by atoms with E-state index in [0.717, 1.165) is 41.7 Å². The number of carbonyl (C=O) groups excluding carboxylic acids is 1. The minimum atomic E-state index is 0. The van der Waals surface area contributed by atoms with Crippen LogP contribution < -0.4 is 10.5 Å². The normalized spacial score (nSPS) is 19.6. The molecule has 1 aliphatic rings. The third-order valence-electron chi connectivity index (χ3n) is 6.02. The number of hydrogen-bond acceptors (Lipinski definition) is 3. The van der Waals surface area contributed by atoms with E-state index in [0.29, 0.717) is 12.5 Å². The number of amides is 1. The zero-order valence-electron chi connectivity index (χ0n) is 16.9. The van der Waals surface area contributed by atoms with E-state index >= 15 is 0 Å². The second-order valence-electron chi connectivity index (χ2n) is 7.48. The van der Waals surface area contributed by atoms with Gasteiger partial charge in [-0.15, -0.1) is 12.4 Å². The van der Waals surface area contributed by atoms with E-state index in [4.69, 9.17) is 10.5 Å². The summed E-state index contributed by atoms with van der Waals surface area (Å²) >= 11 is 0. The van der Waals surface area contributed by atoms with Crippen LogP contribution in [0.2, 0.25) is 0 Å². The maximum atomic E-state index is 13.0. The van der Waals surface area contributed by atoms with Crippen LogP contribution in [0.15, 0.2) is 48.5 Å². The lowest BCUT2D eigenvalue weighted by molar-refractivity contribution is -0.137. The Hall–Kier alpha value is -2.04. The van der Waals surface area contributed by atoms with Gasteiger partial charge in [-0.2, -0.15) is 0 Å². The summed E-state index contributed by atoms with van der Waals surface area (Å²) in [5, 5.41) is 0. The number of ether oxygens (including phenoxy) is 1. The molecule has 3 rings (SSSR count). The quantitative estimate of drug-likeness (QED) is 0.763. The fourth-order valence-corrected chi connectivity index (χ4v) is 4.14. The molecule has 1 fully saturated rings. The first kappa shape index (κ1) is 22.3. The van der Waals surface area contributed by atoms with Crippen molar-refractivity contribution in [3.8, 4) is 16.9 Å². The first-order chi connectivity index (χ1) is 13.1. The fraction of sp³-hybridized carbons (Fsp3) is 0.435. The van der Waals surface area contributed by atoms with Crippen LogP contribution in [-0.2, 0) is 4.79 Å². The van der Waals surface area contributed by atoms with Crippen molar-refractivity contribution in [2.75, 3.05) is 20.7 Å². The topological polar surface area (TPSA) is 55.6 Å². The van der Waals surface area contributed by atoms with Crippen LogP contribution in [0.5, 0.6) is 5.75 Å². The third kappa shape index (κ3) is 4.50. The summed E-state index contributed by atoms with van der Waals surface area (Å²) in [6, 6.07) is 16.4. The van der Waals surface area contributed by atoms with Gasteiger partial charge >= 0.3 is 0 Å². The summed E-state index contributed by atoms with van der Waals surface area (Å²) in [4.78, 5) is 14.8. The van der Waals surface area contributed by atoms with Gasteiger partial charge in [-0.3, -0.25) is 4.79 Å². The number of halogens is 1. The lowest BCUT2D eigenvalue weighted by Gasteiger charge is -2.30. The van der Waals surface area contributed by atoms with Crippen LogP contribution in [0.4, 0.5) is 0 Å². The molecule has 28 heavy (non-hydrogen) atoms. The molecular formula is C23H31ClN2O2. The van der Waals surface area contributed by atoms with Gasteiger partial charge in [0, 0.05) is 18.5 Å². The molecule has 5 heteroatoms. The predicted octanol–water partition coefficient (Wildman–Crippen LogP) is 4.68. The zero-order chi connectivity index (χ0) is 19.4. The molecule has 1 aliphatic carbocycles. The lowest BCUT2D eigenvalue weighted by Crippen LogP contribution is -2.38. The van der Waals surface area contributed by atoms with Crippen molar-refractivity contribution in [3.63, 3.8) is 0 Å². The van der Waals surface area contributed by atoms with Crippen LogP contribution in [-0.4, -0.2) is 31.5 Å². The molecule has 2 aromatic carbocycles. The van der Waals surface area contributed by atoms with Gasteiger partial charge in [-0.05, 0) is 49.4 Å². The number of carbonyl (C=O) groups is 1. The largest absolute Gasteiger partial charge is 0.496 e. The van der Waals surface area contributed by atoms with Crippen LogP contribution >= 0.6 is 12.4 Å². The number of benzene rings is 2. The Kier molecular flexibility index (Phi) is 7.90. The van der Waals surface area contributed by atoms with Crippen molar-refractivity contribution < 1.29 is 9.53 Å². The van der Waals surface area contributed by atoms with Gasteiger partial charge in [-0.1, -0.05) is 48.9 Å². The van der Waals surface area contributed by atoms with E-state index in [1.807, 2.05) is 30.1 Å². The van der Waals surface area contributed by atoms with Gasteiger partial charge in [0.1, 0.15) is 5.75 Å². The second-order valence-corrected chi connectivity index (χ2v) is 7.48. The Morgan fingerprint density at radius 3 is 2.50 bits per heavy atom. The Bertz CT molecular complexity index is 778. The molecule has 3 atom stereocenters. The van der Waals surface area contributed by atoms with E-state index in [-0.39, 0.29) is 30.3 Å². The average molecular weight is 403 g/mol. The lowest BCUT2D eigenvalue weighted by atomic mass is 9.93. The first-order valence-electron chi connectivity index (χ1n) is 9.77. The van der Waals surface area contributed by atoms with Crippen molar-refractivity contribution in [2.24, 2.45) is 17.6 Å². The minimum Gasteiger partial charge on any atom is -0.496 e. The number of rotatable bonds is 6. The Balaban J connectivity index is 0.00000280. The summed E-state index contributed by atoms with van der Waals surface area (Å²) in [7, 11) is 3.60. The van der Waals surface area contributed by atoms with Gasteiger partial charge < -0.3 is 15.4 Å². The summed E-state index contributed by atoms with van der Waals surface area (Å²) in [6.07, 6.45) is 3.14. The number of nitrogens with two attached hydrogens (primary N) is 1. The molecule has 1 amide bonds. The number of para-hydroxylation sites is 1. The number of methoxy groups -OCH3 is 1. The van der Waals surface area contributed by atoms with Crippen molar-refractivity contribution >= 4 is 18.3 Å². The highest BCUT2D eigenvalue weighted by Gasteiger charge is 2.35. The van der Waals surface area contributed by atoms with Crippen LogP contribution in [0.1, 0.15) is 37.8 Å². The van der Waals surface area contributed by atoms with Crippen LogP contribution in [0, 0.1) is 11.8 Å². The maximum Gasteiger partial charge on any atom is 0.226 e. The van der Waals surface area contributed by atoms with E-state index in [1.165, 1.54) is 0 Å². The van der Waals surface area contributed by atoms with Crippen molar-refractivity contribution in [1.82, 2.24) is 4.90 Å². The molecule has 1 saturated carbocycles. The van der Waals surface area contributed by atoms with Crippen LogP contribution in [0.25, 0.3) is 11.1 Å². The Labute approximate surface area is 174 Å². The van der Waals surface area contributed by atoms with Gasteiger partial charge in [0.15, 0.2) is 0 Å². The molecule has 4 nitrogen and oxygen atoms in total. The summed E-state index contributed by atoms with van der Waals surface area (Å²) < 4.78 is 5.46. The standard InChI is InChI=1S/C23H30N2O2.ClH/c1-16(25(2)23(26)21-9-6-7-19(21)15-24)17-11-13-18(14-12-17)20-8-4-5-10-22(20)27-3;/h4-5,8,10-14,16,19,21H,6-7,9,15,24H2,1-3H3;1H/t16?,19-,21-;/m1./s1. The fourth-order valence-electron chi connectivity index (χ4n) is 4.14. The van der Waals surface area contributed by atoms with E-state index < -0.39 is 0 Å². The molecule has 0 aromatic heterocycles. The molecule has 0 bridgehead atoms. The first-order valence-corrected chi connectivity index (χ1v) is 9.77. The minimum absolute atomic E-state index is 0. The van der Waals surface area contributed by atoms with Gasteiger partial charge in [0.2, 0.25) is 5.91 Å². The smallest absolute Gasteiger partial charge is 0.226 e. The maximum absolute atomic E-state index is 13.0. The highest BCUT2D eigenvalue weighted by atomic mass is 35.5. The molecule has 1 unspecified atom stereocenters. The molecule has 0 aliphatic heterocycles. The van der Waals surface area contributed by atoms with Crippen molar-refractivity contribution in [1.29, 1.82) is 0 Å². The van der Waals surface area contributed by atoms with Gasteiger partial charge in [0.05, 0.1) is 13.2 Å². The second kappa shape index (κ2) is 9.94. The highest BCUT2D eigenvalue weighted by molar-refractivity contribution is 5.85. The van der Waals surface area contributed by atoms with E-state index in [9.17, 15) is 4.79 Å². The average Bonchev–Trinajstić information content (AvgIpc) is 3.21. The molecule has 0 radical (unpaired) electrons. The molecule has 2 N–H and O–H groups in total. The van der Waals surface area contributed by atoms with Crippen LogP contribution in [0.3, 0.4) is 0 Å². The van der Waals surface area contributed by atoms with Gasteiger partial charge in [-0.25, -0.2) is 0 Å². The molecule has 0 spiro atoms. The predicted molar refractivity (Wildman–Crippen MR) is 117 cm³/mol. The van der Waals surface area contributed by atoms with E-state index in [1.54, 1.807) is 7.11 Å². The molecule has 0 saturated heterocycles. The summed E-state index contributed by atoms with van der Waals surface area (Å²) in [6.45, 7) is 2.69. The number of nitrogens with zero attached hydrogens (tertiary/aromatic N) is 1. The van der Waals surface area contributed by atoms with Crippen molar-refractivity contribution in [2.45, 2.75) is 32.2 Å². The van der Waals surface area contributed by atoms with E-state index in [2.05, 4.69) is 37.3 Å².